The predicted octanol–water partition coefficient (Wildman–Crippen LogP) is 1.51. The van der Waals surface area contributed by atoms with E-state index in [0.29, 0.717) is 31.3 Å². The van der Waals surface area contributed by atoms with Crippen molar-refractivity contribution in [2.75, 3.05) is 13.1 Å². The van der Waals surface area contributed by atoms with Crippen LogP contribution in [0.4, 0.5) is 0 Å². The van der Waals surface area contributed by atoms with Crippen LogP contribution in [-0.4, -0.2) is 49.9 Å². The summed E-state index contributed by atoms with van der Waals surface area (Å²) < 4.78 is 1.92. The van der Waals surface area contributed by atoms with E-state index < -0.39 is 5.97 Å². The molecule has 3 heterocycles. The molecule has 0 radical (unpaired) electrons. The SMILES string of the molecule is CC(C)N1CCC(c2nc3n(n2)CCC(C(=O)O)C3)CC1. The highest BCUT2D eigenvalue weighted by Gasteiger charge is 2.30. The average molecular weight is 292 g/mol. The maximum atomic E-state index is 11.1. The number of carbonyl (C=O) groups is 1. The average Bonchev–Trinajstić information content (AvgIpc) is 2.90. The predicted molar refractivity (Wildman–Crippen MR) is 78.2 cm³/mol. The molecule has 2 aliphatic heterocycles. The van der Waals surface area contributed by atoms with E-state index >= 15 is 0 Å². The van der Waals surface area contributed by atoms with Crippen molar-refractivity contribution in [1.29, 1.82) is 0 Å². The largest absolute Gasteiger partial charge is 0.481 e. The van der Waals surface area contributed by atoms with Crippen LogP contribution in [0.3, 0.4) is 0 Å². The Labute approximate surface area is 125 Å². The summed E-state index contributed by atoms with van der Waals surface area (Å²) in [5.74, 6) is 1.21. The number of likely N-dealkylation sites (tertiary alicyclic amines) is 1. The Kier molecular flexibility index (Phi) is 3.97. The van der Waals surface area contributed by atoms with Gasteiger partial charge in [0.2, 0.25) is 0 Å². The highest BCUT2D eigenvalue weighted by atomic mass is 16.4. The number of hydrogen-bond acceptors (Lipinski definition) is 4. The Morgan fingerprint density at radius 2 is 1.95 bits per heavy atom. The molecule has 1 saturated heterocycles. The summed E-state index contributed by atoms with van der Waals surface area (Å²) in [4.78, 5) is 18.2. The van der Waals surface area contributed by atoms with Gasteiger partial charge in [-0.3, -0.25) is 4.79 Å². The molecule has 1 unspecified atom stereocenters. The van der Waals surface area contributed by atoms with Gasteiger partial charge >= 0.3 is 5.97 Å². The number of nitrogens with zero attached hydrogens (tertiary/aromatic N) is 4. The fourth-order valence-corrected chi connectivity index (χ4v) is 3.38. The first-order valence-corrected chi connectivity index (χ1v) is 7.95. The molecular weight excluding hydrogens is 268 g/mol. The van der Waals surface area contributed by atoms with Crippen LogP contribution in [0.5, 0.6) is 0 Å². The zero-order chi connectivity index (χ0) is 15.0. The summed E-state index contributed by atoms with van der Waals surface area (Å²) in [6.45, 7) is 7.36. The highest BCUT2D eigenvalue weighted by molar-refractivity contribution is 5.70. The standard InChI is InChI=1S/C15H24N4O2/c1-10(2)18-6-3-11(4-7-18)14-16-13-9-12(15(20)21)5-8-19(13)17-14/h10-12H,3-9H2,1-2H3,(H,20,21). The lowest BCUT2D eigenvalue weighted by Crippen LogP contribution is -2.38. The Morgan fingerprint density at radius 3 is 2.57 bits per heavy atom. The molecule has 0 saturated carbocycles. The third-order valence-corrected chi connectivity index (χ3v) is 4.86. The number of aliphatic carboxylic acids is 1. The second-order valence-corrected chi connectivity index (χ2v) is 6.54. The van der Waals surface area contributed by atoms with Gasteiger partial charge in [0.1, 0.15) is 5.82 Å². The molecule has 0 amide bonds. The van der Waals surface area contributed by atoms with Gasteiger partial charge in [-0.25, -0.2) is 9.67 Å². The lowest BCUT2D eigenvalue weighted by Gasteiger charge is -2.33. The number of rotatable bonds is 3. The Hall–Kier alpha value is -1.43. The molecule has 1 atom stereocenters. The third kappa shape index (κ3) is 2.95. The number of piperidine rings is 1. The van der Waals surface area contributed by atoms with Gasteiger partial charge in [-0.2, -0.15) is 5.10 Å². The number of hydrogen-bond donors (Lipinski definition) is 1. The van der Waals surface area contributed by atoms with E-state index in [1.807, 2.05) is 4.68 Å². The van der Waals surface area contributed by atoms with Crippen LogP contribution < -0.4 is 0 Å². The van der Waals surface area contributed by atoms with Crippen molar-refractivity contribution >= 4 is 5.97 Å². The lowest BCUT2D eigenvalue weighted by molar-refractivity contribution is -0.142. The van der Waals surface area contributed by atoms with Crippen molar-refractivity contribution < 1.29 is 9.90 Å². The molecular formula is C15H24N4O2. The van der Waals surface area contributed by atoms with E-state index in [0.717, 1.165) is 37.6 Å². The molecule has 0 aliphatic carbocycles. The number of fused-ring (bicyclic) bond motifs is 1. The molecule has 1 fully saturated rings. The minimum Gasteiger partial charge on any atom is -0.481 e. The van der Waals surface area contributed by atoms with Gasteiger partial charge < -0.3 is 10.0 Å². The number of carboxylic acid groups (broad SMARTS) is 1. The van der Waals surface area contributed by atoms with E-state index in [4.69, 9.17) is 5.11 Å². The van der Waals surface area contributed by atoms with Gasteiger partial charge in [-0.1, -0.05) is 0 Å². The van der Waals surface area contributed by atoms with Crippen LogP contribution in [0.25, 0.3) is 0 Å². The quantitative estimate of drug-likeness (QED) is 0.914. The summed E-state index contributed by atoms with van der Waals surface area (Å²) in [6.07, 6.45) is 3.39. The zero-order valence-electron chi connectivity index (χ0n) is 12.8. The number of carboxylic acids is 1. The van der Waals surface area contributed by atoms with Crippen LogP contribution in [0.15, 0.2) is 0 Å². The molecule has 1 aromatic heterocycles. The van der Waals surface area contributed by atoms with E-state index in [1.54, 1.807) is 0 Å². The number of aromatic nitrogens is 3. The van der Waals surface area contributed by atoms with Crippen molar-refractivity contribution in [3.8, 4) is 0 Å². The second-order valence-electron chi connectivity index (χ2n) is 6.54. The van der Waals surface area contributed by atoms with Crippen molar-refractivity contribution in [2.45, 2.75) is 58.0 Å². The monoisotopic (exact) mass is 292 g/mol. The first kappa shape index (κ1) is 14.5. The Bertz CT molecular complexity index is 518. The van der Waals surface area contributed by atoms with Crippen LogP contribution in [0, 0.1) is 5.92 Å². The second kappa shape index (κ2) is 5.75. The first-order chi connectivity index (χ1) is 10.0. The first-order valence-electron chi connectivity index (χ1n) is 7.95. The van der Waals surface area contributed by atoms with Gasteiger partial charge in [-0.05, 0) is 46.2 Å². The molecule has 1 aromatic rings. The highest BCUT2D eigenvalue weighted by Crippen LogP contribution is 2.28. The van der Waals surface area contributed by atoms with Gasteiger partial charge in [0.05, 0.1) is 5.92 Å². The minimum absolute atomic E-state index is 0.294. The lowest BCUT2D eigenvalue weighted by atomic mass is 9.95. The minimum atomic E-state index is -0.712. The van der Waals surface area contributed by atoms with Gasteiger partial charge in [-0.15, -0.1) is 0 Å². The van der Waals surface area contributed by atoms with Crippen LogP contribution in [0.2, 0.25) is 0 Å². The van der Waals surface area contributed by atoms with Crippen molar-refractivity contribution in [3.05, 3.63) is 11.6 Å². The van der Waals surface area contributed by atoms with E-state index in [2.05, 4.69) is 28.8 Å². The van der Waals surface area contributed by atoms with Crippen LogP contribution >= 0.6 is 0 Å². The Balaban J connectivity index is 1.67. The van der Waals surface area contributed by atoms with Gasteiger partial charge in [0, 0.05) is 24.9 Å². The summed E-state index contributed by atoms with van der Waals surface area (Å²) in [5, 5.41) is 13.8. The molecule has 21 heavy (non-hydrogen) atoms. The van der Waals surface area contributed by atoms with E-state index in [-0.39, 0.29) is 5.92 Å². The van der Waals surface area contributed by atoms with Gasteiger partial charge in [0.15, 0.2) is 5.82 Å². The number of aryl methyl sites for hydroxylation is 1. The zero-order valence-corrected chi connectivity index (χ0v) is 12.8. The molecule has 6 nitrogen and oxygen atoms in total. The molecule has 2 aliphatic rings. The molecule has 0 aromatic carbocycles. The van der Waals surface area contributed by atoms with Crippen molar-refractivity contribution in [3.63, 3.8) is 0 Å². The Morgan fingerprint density at radius 1 is 1.24 bits per heavy atom. The smallest absolute Gasteiger partial charge is 0.307 e. The van der Waals surface area contributed by atoms with Crippen molar-refractivity contribution in [1.82, 2.24) is 19.7 Å². The molecule has 1 N–H and O–H groups in total. The molecule has 0 bridgehead atoms. The topological polar surface area (TPSA) is 71.2 Å². The molecule has 0 spiro atoms. The van der Waals surface area contributed by atoms with Gasteiger partial charge in [0.25, 0.3) is 0 Å². The van der Waals surface area contributed by atoms with Crippen molar-refractivity contribution in [2.24, 2.45) is 5.92 Å². The third-order valence-electron chi connectivity index (χ3n) is 4.86. The van der Waals surface area contributed by atoms with Crippen LogP contribution in [0.1, 0.15) is 50.7 Å². The van der Waals surface area contributed by atoms with E-state index in [9.17, 15) is 4.79 Å². The maximum absolute atomic E-state index is 11.1. The molecule has 6 heteroatoms. The summed E-state index contributed by atoms with van der Waals surface area (Å²) in [7, 11) is 0. The molecule has 116 valence electrons. The normalized spacial score (nSPS) is 24.2. The molecule has 3 rings (SSSR count). The fraction of sp³-hybridized carbons (Fsp3) is 0.800. The summed E-state index contributed by atoms with van der Waals surface area (Å²) >= 11 is 0. The summed E-state index contributed by atoms with van der Waals surface area (Å²) in [5.41, 5.74) is 0. The van der Waals surface area contributed by atoms with E-state index in [1.165, 1.54) is 0 Å². The van der Waals surface area contributed by atoms with Crippen LogP contribution in [-0.2, 0) is 17.8 Å². The maximum Gasteiger partial charge on any atom is 0.307 e. The summed E-state index contributed by atoms with van der Waals surface area (Å²) in [6, 6.07) is 0.602. The fourth-order valence-electron chi connectivity index (χ4n) is 3.38.